The zero-order chi connectivity index (χ0) is 13.3. The highest BCUT2D eigenvalue weighted by Gasteiger charge is 2.30. The summed E-state index contributed by atoms with van der Waals surface area (Å²) >= 11 is 6.10. The predicted molar refractivity (Wildman–Crippen MR) is 72.5 cm³/mol. The number of nitrogens with zero attached hydrogens (tertiary/aromatic N) is 3. The summed E-state index contributed by atoms with van der Waals surface area (Å²) in [5, 5.41) is 0.595. The van der Waals surface area contributed by atoms with E-state index in [0.717, 1.165) is 5.82 Å². The minimum absolute atomic E-state index is 0.0770. The van der Waals surface area contributed by atoms with E-state index in [0.29, 0.717) is 24.7 Å². The molecule has 0 aromatic carbocycles. The van der Waals surface area contributed by atoms with Crippen molar-refractivity contribution < 1.29 is 8.42 Å². The number of aromatic nitrogens is 1. The number of hydrogen-bond donors (Lipinski definition) is 0. The average Bonchev–Trinajstić information content (AvgIpc) is 2.27. The second-order valence-electron chi connectivity index (χ2n) is 4.48. The highest BCUT2D eigenvalue weighted by Crippen LogP contribution is 2.25. The number of rotatable bonds is 2. The molecule has 1 saturated heterocycles. The lowest BCUT2D eigenvalue weighted by Crippen LogP contribution is -2.53. The van der Waals surface area contributed by atoms with Gasteiger partial charge in [-0.05, 0) is 19.1 Å². The number of anilines is 1. The molecule has 2 heterocycles. The molecular formula is C11H16ClN3O2S. The molecule has 0 aliphatic carbocycles. The molecule has 0 unspecified atom stereocenters. The minimum atomic E-state index is -3.14. The lowest BCUT2D eigenvalue weighted by Gasteiger charge is -2.39. The van der Waals surface area contributed by atoms with Crippen LogP contribution in [0.3, 0.4) is 0 Å². The van der Waals surface area contributed by atoms with Crippen LogP contribution >= 0.6 is 11.6 Å². The maximum Gasteiger partial charge on any atom is 0.211 e. The van der Waals surface area contributed by atoms with Gasteiger partial charge >= 0.3 is 0 Å². The molecule has 0 radical (unpaired) electrons. The van der Waals surface area contributed by atoms with Gasteiger partial charge in [0, 0.05) is 31.9 Å². The highest BCUT2D eigenvalue weighted by atomic mass is 35.5. The van der Waals surface area contributed by atoms with E-state index in [4.69, 9.17) is 11.6 Å². The summed E-state index contributed by atoms with van der Waals surface area (Å²) in [5.41, 5.74) is 0. The molecule has 2 rings (SSSR count). The van der Waals surface area contributed by atoms with Gasteiger partial charge in [0.25, 0.3) is 0 Å². The van der Waals surface area contributed by atoms with Crippen molar-refractivity contribution in [3.8, 4) is 0 Å². The Hall–Kier alpha value is -0.850. The van der Waals surface area contributed by atoms with Crippen molar-refractivity contribution in [3.05, 3.63) is 23.4 Å². The van der Waals surface area contributed by atoms with Crippen molar-refractivity contribution >= 4 is 27.4 Å². The monoisotopic (exact) mass is 289 g/mol. The molecule has 0 bridgehead atoms. The maximum atomic E-state index is 11.6. The van der Waals surface area contributed by atoms with Gasteiger partial charge in [-0.25, -0.2) is 13.4 Å². The van der Waals surface area contributed by atoms with Crippen molar-refractivity contribution in [1.82, 2.24) is 9.29 Å². The van der Waals surface area contributed by atoms with Gasteiger partial charge in [-0.2, -0.15) is 4.31 Å². The number of pyridine rings is 1. The van der Waals surface area contributed by atoms with Crippen molar-refractivity contribution in [2.45, 2.75) is 13.0 Å². The molecule has 0 amide bonds. The van der Waals surface area contributed by atoms with Gasteiger partial charge in [0.1, 0.15) is 5.82 Å². The Morgan fingerprint density at radius 3 is 2.72 bits per heavy atom. The Balaban J connectivity index is 2.16. The van der Waals surface area contributed by atoms with E-state index < -0.39 is 10.0 Å². The average molecular weight is 290 g/mol. The van der Waals surface area contributed by atoms with Crippen LogP contribution in [-0.2, 0) is 10.0 Å². The van der Waals surface area contributed by atoms with Crippen molar-refractivity contribution in [1.29, 1.82) is 0 Å². The first-order valence-corrected chi connectivity index (χ1v) is 7.94. The second kappa shape index (κ2) is 5.03. The van der Waals surface area contributed by atoms with E-state index in [1.54, 1.807) is 18.3 Å². The van der Waals surface area contributed by atoms with Gasteiger partial charge in [-0.3, -0.25) is 0 Å². The first-order valence-electron chi connectivity index (χ1n) is 5.72. The van der Waals surface area contributed by atoms with Crippen molar-refractivity contribution in [2.75, 3.05) is 30.8 Å². The van der Waals surface area contributed by atoms with Gasteiger partial charge in [0.05, 0.1) is 11.3 Å². The lowest BCUT2D eigenvalue weighted by molar-refractivity contribution is 0.308. The van der Waals surface area contributed by atoms with E-state index in [2.05, 4.69) is 4.98 Å². The van der Waals surface area contributed by atoms with E-state index in [1.165, 1.54) is 10.6 Å². The number of sulfonamides is 1. The van der Waals surface area contributed by atoms with E-state index in [-0.39, 0.29) is 6.04 Å². The molecule has 1 fully saturated rings. The number of piperazine rings is 1. The summed E-state index contributed by atoms with van der Waals surface area (Å²) in [6, 6.07) is 3.49. The van der Waals surface area contributed by atoms with Gasteiger partial charge in [-0.1, -0.05) is 11.6 Å². The van der Waals surface area contributed by atoms with E-state index in [1.807, 2.05) is 11.8 Å². The van der Waals surface area contributed by atoms with Crippen LogP contribution in [0.2, 0.25) is 5.02 Å². The lowest BCUT2D eigenvalue weighted by atomic mass is 10.2. The SMILES string of the molecule is C[C@H]1CN(c2ncccc2Cl)CCN1S(C)(=O)=O. The molecule has 1 aromatic rings. The van der Waals surface area contributed by atoms with E-state index in [9.17, 15) is 8.42 Å². The summed E-state index contributed by atoms with van der Waals surface area (Å²) in [4.78, 5) is 6.27. The number of halogens is 1. The zero-order valence-corrected chi connectivity index (χ0v) is 11.9. The summed E-state index contributed by atoms with van der Waals surface area (Å²) in [7, 11) is -3.14. The Morgan fingerprint density at radius 2 is 2.17 bits per heavy atom. The molecule has 5 nitrogen and oxygen atoms in total. The zero-order valence-electron chi connectivity index (χ0n) is 10.4. The Bertz CT molecular complexity index is 535. The van der Waals surface area contributed by atoms with Crippen molar-refractivity contribution in [2.24, 2.45) is 0 Å². The van der Waals surface area contributed by atoms with Crippen LogP contribution < -0.4 is 4.90 Å². The highest BCUT2D eigenvalue weighted by molar-refractivity contribution is 7.88. The molecule has 0 N–H and O–H groups in total. The van der Waals surface area contributed by atoms with Gasteiger partial charge in [0.2, 0.25) is 10.0 Å². The Kier molecular flexibility index (Phi) is 3.79. The fourth-order valence-corrected chi connectivity index (χ4v) is 3.61. The molecule has 1 aromatic heterocycles. The van der Waals surface area contributed by atoms with Crippen LogP contribution in [0.1, 0.15) is 6.92 Å². The molecule has 1 atom stereocenters. The fraction of sp³-hybridized carbons (Fsp3) is 0.545. The molecular weight excluding hydrogens is 274 g/mol. The first-order chi connectivity index (χ1) is 8.39. The molecule has 0 saturated carbocycles. The van der Waals surface area contributed by atoms with E-state index >= 15 is 0 Å². The minimum Gasteiger partial charge on any atom is -0.352 e. The normalized spacial score (nSPS) is 22.2. The summed E-state index contributed by atoms with van der Waals surface area (Å²) in [6.45, 7) is 3.56. The quantitative estimate of drug-likeness (QED) is 0.821. The maximum absolute atomic E-state index is 11.6. The largest absolute Gasteiger partial charge is 0.352 e. The molecule has 0 spiro atoms. The third-order valence-corrected chi connectivity index (χ3v) is 4.72. The van der Waals surface area contributed by atoms with Crippen LogP contribution in [0.15, 0.2) is 18.3 Å². The topological polar surface area (TPSA) is 53.5 Å². The number of hydrogen-bond acceptors (Lipinski definition) is 4. The van der Waals surface area contributed by atoms with Gasteiger partial charge in [0.15, 0.2) is 0 Å². The summed E-state index contributed by atoms with van der Waals surface area (Å²) in [6.07, 6.45) is 2.93. The Morgan fingerprint density at radius 1 is 1.44 bits per heavy atom. The summed E-state index contributed by atoms with van der Waals surface area (Å²) in [5.74, 6) is 0.721. The first kappa shape index (κ1) is 13.6. The van der Waals surface area contributed by atoms with Crippen LogP contribution in [0.5, 0.6) is 0 Å². The second-order valence-corrected chi connectivity index (χ2v) is 6.82. The van der Waals surface area contributed by atoms with Crippen LogP contribution in [0.4, 0.5) is 5.82 Å². The predicted octanol–water partition coefficient (Wildman–Crippen LogP) is 1.21. The third-order valence-electron chi connectivity index (χ3n) is 3.03. The standard InChI is InChI=1S/C11H16ClN3O2S/c1-9-8-14(6-7-15(9)18(2,16)17)11-10(12)4-3-5-13-11/h3-5,9H,6-8H2,1-2H3/t9-/m0/s1. The third kappa shape index (κ3) is 2.76. The molecule has 1 aliphatic heterocycles. The van der Waals surface area contributed by atoms with Crippen molar-refractivity contribution in [3.63, 3.8) is 0 Å². The van der Waals surface area contributed by atoms with Gasteiger partial charge < -0.3 is 4.90 Å². The summed E-state index contributed by atoms with van der Waals surface area (Å²) < 4.78 is 24.7. The van der Waals surface area contributed by atoms with Gasteiger partial charge in [-0.15, -0.1) is 0 Å². The van der Waals surface area contributed by atoms with Crippen LogP contribution in [0, 0.1) is 0 Å². The molecule has 1 aliphatic rings. The fourth-order valence-electron chi connectivity index (χ4n) is 2.24. The molecule has 100 valence electrons. The molecule has 18 heavy (non-hydrogen) atoms. The Labute approximate surface area is 112 Å². The smallest absolute Gasteiger partial charge is 0.211 e. The van der Waals surface area contributed by atoms with Crippen LogP contribution in [-0.4, -0.2) is 49.6 Å². The molecule has 7 heteroatoms. The van der Waals surface area contributed by atoms with Crippen LogP contribution in [0.25, 0.3) is 0 Å².